The number of rotatable bonds is 8. The zero-order chi connectivity index (χ0) is 15.1. The van der Waals surface area contributed by atoms with Gasteiger partial charge in [-0.2, -0.15) is 11.3 Å². The second kappa shape index (κ2) is 8.30. The molecular weight excluding hydrogens is 281 g/mol. The lowest BCUT2D eigenvalue weighted by molar-refractivity contribution is 0.500. The van der Waals surface area contributed by atoms with Crippen LogP contribution in [0.4, 0.5) is 4.39 Å². The molecule has 1 heterocycles. The van der Waals surface area contributed by atoms with Gasteiger partial charge < -0.3 is 5.32 Å². The third kappa shape index (κ3) is 5.60. The van der Waals surface area contributed by atoms with Gasteiger partial charge in [0.05, 0.1) is 0 Å². The van der Waals surface area contributed by atoms with Gasteiger partial charge in [-0.15, -0.1) is 0 Å². The van der Waals surface area contributed by atoms with Crippen molar-refractivity contribution >= 4 is 11.3 Å². The molecule has 3 heteroatoms. The molecule has 1 unspecified atom stereocenters. The van der Waals surface area contributed by atoms with Crippen LogP contribution in [0.25, 0.3) is 0 Å². The maximum atomic E-state index is 13.1. The van der Waals surface area contributed by atoms with Crippen molar-refractivity contribution in [2.75, 3.05) is 13.1 Å². The number of nitrogens with one attached hydrogen (secondary N) is 1. The lowest BCUT2D eigenvalue weighted by atomic mass is 9.92. The largest absolute Gasteiger partial charge is 0.316 e. The minimum atomic E-state index is -0.162. The average Bonchev–Trinajstić information content (AvgIpc) is 2.96. The first kappa shape index (κ1) is 16.2. The fraction of sp³-hybridized carbons (Fsp3) is 0.444. The molecule has 0 radical (unpaired) electrons. The summed E-state index contributed by atoms with van der Waals surface area (Å²) in [5, 5.41) is 7.87. The second-order valence-electron chi connectivity index (χ2n) is 5.97. The van der Waals surface area contributed by atoms with Crippen molar-refractivity contribution in [3.63, 3.8) is 0 Å². The van der Waals surface area contributed by atoms with Gasteiger partial charge in [-0.25, -0.2) is 4.39 Å². The summed E-state index contributed by atoms with van der Waals surface area (Å²) < 4.78 is 13.1. The lowest BCUT2D eigenvalue weighted by Crippen LogP contribution is -2.25. The summed E-state index contributed by atoms with van der Waals surface area (Å²) in [6.45, 7) is 6.40. The Kier molecular flexibility index (Phi) is 6.40. The summed E-state index contributed by atoms with van der Waals surface area (Å²) >= 11 is 1.75. The quantitative estimate of drug-likeness (QED) is 0.735. The van der Waals surface area contributed by atoms with E-state index < -0.39 is 0 Å². The SMILES string of the molecule is CC(C)CNCC(CCc1ccsc1)c1ccc(F)cc1. The highest BCUT2D eigenvalue weighted by Gasteiger charge is 2.12. The Labute approximate surface area is 131 Å². The molecule has 0 saturated carbocycles. The first-order valence-corrected chi connectivity index (χ1v) is 8.56. The fourth-order valence-electron chi connectivity index (χ4n) is 2.44. The fourth-order valence-corrected chi connectivity index (χ4v) is 3.15. The first-order chi connectivity index (χ1) is 10.1. The highest BCUT2D eigenvalue weighted by molar-refractivity contribution is 7.07. The average molecular weight is 305 g/mol. The molecule has 0 saturated heterocycles. The normalized spacial score (nSPS) is 12.8. The number of hydrogen-bond donors (Lipinski definition) is 1. The summed E-state index contributed by atoms with van der Waals surface area (Å²) in [7, 11) is 0. The van der Waals surface area contributed by atoms with E-state index in [1.54, 1.807) is 23.5 Å². The number of benzene rings is 1. The maximum absolute atomic E-state index is 13.1. The Morgan fingerprint density at radius 2 is 1.86 bits per heavy atom. The molecule has 0 aliphatic heterocycles. The van der Waals surface area contributed by atoms with Gasteiger partial charge >= 0.3 is 0 Å². The highest BCUT2D eigenvalue weighted by Crippen LogP contribution is 2.22. The Bertz CT molecular complexity index is 505. The molecule has 114 valence electrons. The minimum Gasteiger partial charge on any atom is -0.316 e. The topological polar surface area (TPSA) is 12.0 Å². The maximum Gasteiger partial charge on any atom is 0.123 e. The number of thiophene rings is 1. The first-order valence-electron chi connectivity index (χ1n) is 7.62. The monoisotopic (exact) mass is 305 g/mol. The van der Waals surface area contributed by atoms with E-state index in [-0.39, 0.29) is 5.82 Å². The van der Waals surface area contributed by atoms with Crippen LogP contribution in [0, 0.1) is 11.7 Å². The van der Waals surface area contributed by atoms with Gasteiger partial charge in [0.1, 0.15) is 5.82 Å². The van der Waals surface area contributed by atoms with Gasteiger partial charge in [0.2, 0.25) is 0 Å². The zero-order valence-electron chi connectivity index (χ0n) is 12.8. The van der Waals surface area contributed by atoms with Gasteiger partial charge in [-0.1, -0.05) is 26.0 Å². The smallest absolute Gasteiger partial charge is 0.123 e. The molecule has 0 amide bonds. The van der Waals surface area contributed by atoms with E-state index in [1.165, 1.54) is 11.1 Å². The number of halogens is 1. The third-order valence-corrected chi connectivity index (χ3v) is 4.38. The van der Waals surface area contributed by atoms with E-state index in [0.29, 0.717) is 11.8 Å². The molecule has 0 aliphatic carbocycles. The lowest BCUT2D eigenvalue weighted by Gasteiger charge is -2.19. The van der Waals surface area contributed by atoms with Crippen molar-refractivity contribution in [1.82, 2.24) is 5.32 Å². The van der Waals surface area contributed by atoms with Crippen LogP contribution in [-0.2, 0) is 6.42 Å². The number of hydrogen-bond acceptors (Lipinski definition) is 2. The molecule has 0 bridgehead atoms. The van der Waals surface area contributed by atoms with Crippen LogP contribution in [0.5, 0.6) is 0 Å². The van der Waals surface area contributed by atoms with Crippen LogP contribution in [0.15, 0.2) is 41.1 Å². The molecule has 1 aromatic heterocycles. The predicted molar refractivity (Wildman–Crippen MR) is 89.5 cm³/mol. The molecule has 1 N–H and O–H groups in total. The predicted octanol–water partition coefficient (Wildman–Crippen LogP) is 4.85. The Morgan fingerprint density at radius 1 is 1.10 bits per heavy atom. The van der Waals surface area contributed by atoms with Crippen LogP contribution in [0.2, 0.25) is 0 Å². The standard InChI is InChI=1S/C18H24FNS/c1-14(2)11-20-12-17(4-3-15-9-10-21-13-15)16-5-7-18(19)8-6-16/h5-10,13-14,17,20H,3-4,11-12H2,1-2H3. The van der Waals surface area contributed by atoms with Crippen molar-refractivity contribution in [2.45, 2.75) is 32.6 Å². The van der Waals surface area contributed by atoms with Crippen molar-refractivity contribution in [2.24, 2.45) is 5.92 Å². The van der Waals surface area contributed by atoms with E-state index in [0.717, 1.165) is 25.9 Å². The van der Waals surface area contributed by atoms with Crippen LogP contribution < -0.4 is 5.32 Å². The van der Waals surface area contributed by atoms with Crippen molar-refractivity contribution in [1.29, 1.82) is 0 Å². The Hall–Kier alpha value is -1.19. The van der Waals surface area contributed by atoms with Crippen LogP contribution >= 0.6 is 11.3 Å². The summed E-state index contributed by atoms with van der Waals surface area (Å²) in [4.78, 5) is 0. The Morgan fingerprint density at radius 3 is 2.48 bits per heavy atom. The molecule has 0 fully saturated rings. The van der Waals surface area contributed by atoms with Crippen LogP contribution in [-0.4, -0.2) is 13.1 Å². The molecule has 1 atom stereocenters. The van der Waals surface area contributed by atoms with Gasteiger partial charge in [0, 0.05) is 6.54 Å². The van der Waals surface area contributed by atoms with E-state index in [1.807, 2.05) is 12.1 Å². The molecular formula is C18H24FNS. The van der Waals surface area contributed by atoms with E-state index in [2.05, 4.69) is 36.0 Å². The van der Waals surface area contributed by atoms with Crippen LogP contribution in [0.1, 0.15) is 37.3 Å². The van der Waals surface area contributed by atoms with E-state index in [9.17, 15) is 4.39 Å². The van der Waals surface area contributed by atoms with Gasteiger partial charge in [0.15, 0.2) is 0 Å². The number of aryl methyl sites for hydroxylation is 1. The molecule has 1 nitrogen and oxygen atoms in total. The van der Waals surface area contributed by atoms with E-state index >= 15 is 0 Å². The van der Waals surface area contributed by atoms with Gasteiger partial charge in [-0.3, -0.25) is 0 Å². The summed E-state index contributed by atoms with van der Waals surface area (Å²) in [5.41, 5.74) is 2.62. The van der Waals surface area contributed by atoms with E-state index in [4.69, 9.17) is 0 Å². The molecule has 0 aliphatic rings. The van der Waals surface area contributed by atoms with Crippen molar-refractivity contribution in [3.05, 3.63) is 58.0 Å². The van der Waals surface area contributed by atoms with Crippen molar-refractivity contribution in [3.8, 4) is 0 Å². The van der Waals surface area contributed by atoms with Gasteiger partial charge in [-0.05, 0) is 71.3 Å². The zero-order valence-corrected chi connectivity index (χ0v) is 13.6. The second-order valence-corrected chi connectivity index (χ2v) is 6.75. The minimum absolute atomic E-state index is 0.162. The van der Waals surface area contributed by atoms with Gasteiger partial charge in [0.25, 0.3) is 0 Å². The van der Waals surface area contributed by atoms with Crippen LogP contribution in [0.3, 0.4) is 0 Å². The molecule has 21 heavy (non-hydrogen) atoms. The summed E-state index contributed by atoms with van der Waals surface area (Å²) in [6.07, 6.45) is 2.17. The highest BCUT2D eigenvalue weighted by atomic mass is 32.1. The summed E-state index contributed by atoms with van der Waals surface area (Å²) in [5.74, 6) is 0.922. The molecule has 1 aromatic carbocycles. The molecule has 0 spiro atoms. The molecule has 2 aromatic rings. The third-order valence-electron chi connectivity index (χ3n) is 3.65. The van der Waals surface area contributed by atoms with Crippen molar-refractivity contribution < 1.29 is 4.39 Å². The Balaban J connectivity index is 1.97. The molecule has 2 rings (SSSR count). The summed E-state index contributed by atoms with van der Waals surface area (Å²) in [6, 6.07) is 9.16.